The molecular formula is C24H25N3O3. The summed E-state index contributed by atoms with van der Waals surface area (Å²) in [7, 11) is 4.97. The van der Waals surface area contributed by atoms with Crippen molar-refractivity contribution in [3.05, 3.63) is 71.8 Å². The van der Waals surface area contributed by atoms with Crippen molar-refractivity contribution in [2.24, 2.45) is 10.7 Å². The van der Waals surface area contributed by atoms with Crippen LogP contribution in [0.15, 0.2) is 65.7 Å². The zero-order valence-corrected chi connectivity index (χ0v) is 17.4. The third kappa shape index (κ3) is 3.76. The highest BCUT2D eigenvalue weighted by Crippen LogP contribution is 2.34. The molecule has 1 aliphatic rings. The second-order valence-electron chi connectivity index (χ2n) is 7.04. The van der Waals surface area contributed by atoms with Crippen LogP contribution in [-0.2, 0) is 13.1 Å². The first-order valence-corrected chi connectivity index (χ1v) is 9.69. The minimum Gasteiger partial charge on any atom is -0.497 e. The van der Waals surface area contributed by atoms with Gasteiger partial charge in [0.15, 0.2) is 5.96 Å². The highest BCUT2D eigenvalue weighted by Gasteiger charge is 2.21. The van der Waals surface area contributed by atoms with E-state index in [0.29, 0.717) is 19.0 Å². The number of hydrogen-bond donors (Lipinski definition) is 1. The van der Waals surface area contributed by atoms with E-state index in [1.165, 1.54) is 0 Å². The van der Waals surface area contributed by atoms with Crippen LogP contribution in [0, 0.1) is 0 Å². The van der Waals surface area contributed by atoms with Crippen LogP contribution in [0.2, 0.25) is 0 Å². The van der Waals surface area contributed by atoms with E-state index in [1.807, 2.05) is 47.4 Å². The van der Waals surface area contributed by atoms with E-state index in [-0.39, 0.29) is 0 Å². The molecule has 2 N–H and O–H groups in total. The molecule has 6 heteroatoms. The average Bonchev–Trinajstić information content (AvgIpc) is 2.79. The quantitative estimate of drug-likeness (QED) is 0.663. The van der Waals surface area contributed by atoms with Crippen molar-refractivity contribution in [1.29, 1.82) is 0 Å². The molecule has 0 radical (unpaired) electrons. The van der Waals surface area contributed by atoms with Gasteiger partial charge in [0.1, 0.15) is 17.2 Å². The van der Waals surface area contributed by atoms with Crippen molar-refractivity contribution < 1.29 is 14.2 Å². The minimum absolute atomic E-state index is 0.474. The van der Waals surface area contributed by atoms with Crippen molar-refractivity contribution >= 4 is 11.6 Å². The summed E-state index contributed by atoms with van der Waals surface area (Å²) >= 11 is 0. The Morgan fingerprint density at radius 2 is 1.53 bits per heavy atom. The molecule has 3 aromatic rings. The highest BCUT2D eigenvalue weighted by atomic mass is 16.5. The molecular weight excluding hydrogens is 378 g/mol. The lowest BCUT2D eigenvalue weighted by Gasteiger charge is -2.29. The van der Waals surface area contributed by atoms with E-state index in [4.69, 9.17) is 19.9 Å². The number of hydrogen-bond acceptors (Lipinski definition) is 6. The molecule has 0 bridgehead atoms. The fraction of sp³-hybridized carbons (Fsp3) is 0.208. The SMILES string of the molecule is COc1ccc(-c2ccc3c(c2)N=C(N)N(Cc2c(OC)cccc2OC)C3)cc1. The molecule has 0 spiro atoms. The van der Waals surface area contributed by atoms with E-state index in [2.05, 4.69) is 23.2 Å². The van der Waals surface area contributed by atoms with E-state index in [9.17, 15) is 0 Å². The lowest BCUT2D eigenvalue weighted by Crippen LogP contribution is -2.38. The Morgan fingerprint density at radius 3 is 2.17 bits per heavy atom. The van der Waals surface area contributed by atoms with Gasteiger partial charge in [0.25, 0.3) is 0 Å². The molecule has 1 aliphatic heterocycles. The lowest BCUT2D eigenvalue weighted by atomic mass is 10.0. The van der Waals surface area contributed by atoms with Crippen LogP contribution in [0.1, 0.15) is 11.1 Å². The third-order valence-electron chi connectivity index (χ3n) is 5.31. The van der Waals surface area contributed by atoms with Crippen LogP contribution < -0.4 is 19.9 Å². The first kappa shape index (κ1) is 19.6. The monoisotopic (exact) mass is 403 g/mol. The molecule has 0 unspecified atom stereocenters. The first-order chi connectivity index (χ1) is 14.6. The van der Waals surface area contributed by atoms with Crippen molar-refractivity contribution in [2.75, 3.05) is 21.3 Å². The topological polar surface area (TPSA) is 69.3 Å². The Kier molecular flexibility index (Phi) is 5.48. The summed E-state index contributed by atoms with van der Waals surface area (Å²) in [4.78, 5) is 6.69. The Hall–Kier alpha value is -3.67. The predicted octanol–water partition coefficient (Wildman–Crippen LogP) is 4.34. The van der Waals surface area contributed by atoms with Crippen LogP contribution in [0.25, 0.3) is 11.1 Å². The van der Waals surface area contributed by atoms with Gasteiger partial charge in [-0.2, -0.15) is 0 Å². The molecule has 3 aromatic carbocycles. The number of rotatable bonds is 6. The summed E-state index contributed by atoms with van der Waals surface area (Å²) in [6.45, 7) is 1.21. The smallest absolute Gasteiger partial charge is 0.197 e. The Morgan fingerprint density at radius 1 is 0.867 bits per heavy atom. The molecule has 154 valence electrons. The molecule has 6 nitrogen and oxygen atoms in total. The van der Waals surface area contributed by atoms with Gasteiger partial charge in [-0.1, -0.05) is 30.3 Å². The van der Waals surface area contributed by atoms with Crippen molar-refractivity contribution in [1.82, 2.24) is 4.90 Å². The zero-order valence-electron chi connectivity index (χ0n) is 17.4. The molecule has 0 saturated heterocycles. The summed E-state index contributed by atoms with van der Waals surface area (Å²) < 4.78 is 16.3. The minimum atomic E-state index is 0.474. The molecule has 0 amide bonds. The summed E-state index contributed by atoms with van der Waals surface area (Å²) in [6, 6.07) is 20.0. The number of fused-ring (bicyclic) bond motifs is 1. The maximum atomic E-state index is 6.33. The van der Waals surface area contributed by atoms with Crippen molar-refractivity contribution in [2.45, 2.75) is 13.1 Å². The fourth-order valence-electron chi connectivity index (χ4n) is 3.66. The van der Waals surface area contributed by atoms with Gasteiger partial charge in [-0.3, -0.25) is 0 Å². The van der Waals surface area contributed by atoms with Crippen molar-refractivity contribution in [3.8, 4) is 28.4 Å². The number of benzene rings is 3. The molecule has 0 aromatic heterocycles. The maximum Gasteiger partial charge on any atom is 0.197 e. The molecule has 1 heterocycles. The van der Waals surface area contributed by atoms with Crippen molar-refractivity contribution in [3.63, 3.8) is 0 Å². The Labute approximate surface area is 176 Å². The standard InChI is InChI=1S/C24H25N3O3/c1-28-19-11-9-16(10-12-19)17-7-8-18-14-27(24(25)26-21(18)13-17)15-20-22(29-2)5-4-6-23(20)30-3/h4-13H,14-15H2,1-3H3,(H2,25,26). The van der Waals surface area contributed by atoms with Crippen LogP contribution in [0.4, 0.5) is 5.69 Å². The van der Waals surface area contributed by atoms with E-state index < -0.39 is 0 Å². The molecule has 0 fully saturated rings. The molecule has 0 atom stereocenters. The number of methoxy groups -OCH3 is 3. The number of guanidine groups is 1. The van der Waals surface area contributed by atoms with Gasteiger partial charge in [0.2, 0.25) is 0 Å². The first-order valence-electron chi connectivity index (χ1n) is 9.69. The summed E-state index contributed by atoms with van der Waals surface area (Å²) in [5.41, 5.74) is 11.5. The lowest BCUT2D eigenvalue weighted by molar-refractivity contribution is 0.348. The van der Waals surface area contributed by atoms with Crippen LogP contribution >= 0.6 is 0 Å². The molecule has 0 aliphatic carbocycles. The van der Waals surface area contributed by atoms with Gasteiger partial charge in [-0.05, 0) is 47.0 Å². The second kappa shape index (κ2) is 8.37. The number of ether oxygens (including phenoxy) is 3. The van der Waals surface area contributed by atoms with E-state index >= 15 is 0 Å². The zero-order chi connectivity index (χ0) is 21.1. The van der Waals surface area contributed by atoms with Gasteiger partial charge < -0.3 is 24.8 Å². The largest absolute Gasteiger partial charge is 0.497 e. The summed E-state index contributed by atoms with van der Waals surface area (Å²) in [5.74, 6) is 2.84. The predicted molar refractivity (Wildman–Crippen MR) is 119 cm³/mol. The summed E-state index contributed by atoms with van der Waals surface area (Å²) in [5, 5.41) is 0. The average molecular weight is 403 g/mol. The van der Waals surface area contributed by atoms with E-state index in [1.54, 1.807) is 21.3 Å². The number of aliphatic imine (C=N–C) groups is 1. The van der Waals surface area contributed by atoms with Gasteiger partial charge in [0.05, 0.1) is 39.1 Å². The summed E-state index contributed by atoms with van der Waals surface area (Å²) in [6.07, 6.45) is 0. The fourth-order valence-corrected chi connectivity index (χ4v) is 3.66. The number of nitrogens with zero attached hydrogens (tertiary/aromatic N) is 2. The Balaban J connectivity index is 1.61. The van der Waals surface area contributed by atoms with E-state index in [0.717, 1.165) is 45.2 Å². The normalized spacial score (nSPS) is 12.8. The van der Waals surface area contributed by atoms with Crippen LogP contribution in [-0.4, -0.2) is 32.2 Å². The second-order valence-corrected chi connectivity index (χ2v) is 7.04. The highest BCUT2D eigenvalue weighted by molar-refractivity contribution is 5.85. The van der Waals surface area contributed by atoms with Gasteiger partial charge in [0, 0.05) is 6.54 Å². The molecule has 4 rings (SSSR count). The number of nitrogens with two attached hydrogens (primary N) is 1. The van der Waals surface area contributed by atoms with Crippen LogP contribution in [0.3, 0.4) is 0 Å². The van der Waals surface area contributed by atoms with Gasteiger partial charge in [-0.25, -0.2) is 4.99 Å². The third-order valence-corrected chi connectivity index (χ3v) is 5.31. The van der Waals surface area contributed by atoms with Gasteiger partial charge >= 0.3 is 0 Å². The molecule has 30 heavy (non-hydrogen) atoms. The van der Waals surface area contributed by atoms with Crippen LogP contribution in [0.5, 0.6) is 17.2 Å². The molecule has 0 saturated carbocycles. The maximum absolute atomic E-state index is 6.33. The van der Waals surface area contributed by atoms with Gasteiger partial charge in [-0.15, -0.1) is 0 Å². The Bertz CT molecular complexity index is 1060.